The van der Waals surface area contributed by atoms with Crippen LogP contribution < -0.4 is 0 Å². The predicted molar refractivity (Wildman–Crippen MR) is 36.9 cm³/mol. The van der Waals surface area contributed by atoms with Gasteiger partial charge in [0, 0.05) is 5.75 Å². The second kappa shape index (κ2) is 5.70. The molecule has 0 aromatic carbocycles. The molecule has 0 nitrogen and oxygen atoms in total. The summed E-state index contributed by atoms with van der Waals surface area (Å²) in [5.74, 6) is 3.43. The molecular weight excluding hydrogens is 112 g/mol. The van der Waals surface area contributed by atoms with Crippen molar-refractivity contribution in [2.24, 2.45) is 0 Å². The fourth-order valence-corrected chi connectivity index (χ4v) is 1.01. The zero-order valence-electron chi connectivity index (χ0n) is 3.98. The Labute approximate surface area is 49.1 Å². The van der Waals surface area contributed by atoms with Crippen molar-refractivity contribution < 1.29 is 0 Å². The van der Waals surface area contributed by atoms with Crippen molar-refractivity contribution in [3.05, 3.63) is 0 Å². The summed E-state index contributed by atoms with van der Waals surface area (Å²) in [6.45, 7) is 2.16. The van der Waals surface area contributed by atoms with Crippen LogP contribution in [0.1, 0.15) is 6.92 Å². The van der Waals surface area contributed by atoms with Crippen LogP contribution in [0, 0.1) is 0 Å². The van der Waals surface area contributed by atoms with Gasteiger partial charge in [-0.15, -0.1) is 0 Å². The van der Waals surface area contributed by atoms with Crippen LogP contribution in [-0.4, -0.2) is 17.3 Å². The maximum Gasteiger partial charge on any atom is 0.00209 e. The second-order valence-corrected chi connectivity index (χ2v) is 2.76. The Kier molecular flexibility index (Phi) is 6.36. The lowest BCUT2D eigenvalue weighted by Gasteiger charge is -1.86. The first-order chi connectivity index (χ1) is 2.91. The lowest BCUT2D eigenvalue weighted by Crippen LogP contribution is -1.76. The van der Waals surface area contributed by atoms with E-state index < -0.39 is 0 Å². The van der Waals surface area contributed by atoms with E-state index >= 15 is 0 Å². The molecule has 0 unspecified atom stereocenters. The van der Waals surface area contributed by atoms with Gasteiger partial charge in [0.2, 0.25) is 0 Å². The average Bonchev–Trinajstić information content (AvgIpc) is 1.61. The van der Waals surface area contributed by atoms with Gasteiger partial charge in [0.1, 0.15) is 0 Å². The quantitative estimate of drug-likeness (QED) is 0.439. The van der Waals surface area contributed by atoms with E-state index in [1.807, 2.05) is 11.8 Å². The van der Waals surface area contributed by atoms with Crippen LogP contribution in [0.5, 0.6) is 0 Å². The molecule has 0 aliphatic heterocycles. The molecule has 0 aliphatic carbocycles. The Bertz CT molecular complexity index is 17.5. The molecule has 0 aromatic rings. The largest absolute Gasteiger partial charge is 0.179 e. The lowest BCUT2D eigenvalue weighted by atomic mass is 10.9. The lowest BCUT2D eigenvalue weighted by molar-refractivity contribution is 1.48. The van der Waals surface area contributed by atoms with Gasteiger partial charge in [0.15, 0.2) is 0 Å². The smallest absolute Gasteiger partial charge is 0.00209 e. The van der Waals surface area contributed by atoms with Crippen LogP contribution in [0.4, 0.5) is 0 Å². The molecule has 0 spiro atoms. The highest BCUT2D eigenvalue weighted by Crippen LogP contribution is 1.96. The molecule has 0 fully saturated rings. The summed E-state index contributed by atoms with van der Waals surface area (Å²) in [7, 11) is 0. The minimum Gasteiger partial charge on any atom is -0.179 e. The average molecular weight is 122 g/mol. The molecule has 0 bridgehead atoms. The van der Waals surface area contributed by atoms with Crippen molar-refractivity contribution in [3.8, 4) is 0 Å². The van der Waals surface area contributed by atoms with Crippen molar-refractivity contribution in [3.63, 3.8) is 0 Å². The highest BCUT2D eigenvalue weighted by Gasteiger charge is 1.75. The Morgan fingerprint density at radius 3 is 2.50 bits per heavy atom. The van der Waals surface area contributed by atoms with Crippen molar-refractivity contribution in [1.29, 1.82) is 0 Å². The van der Waals surface area contributed by atoms with Gasteiger partial charge in [-0.25, -0.2) is 0 Å². The van der Waals surface area contributed by atoms with E-state index in [2.05, 4.69) is 19.6 Å². The summed E-state index contributed by atoms with van der Waals surface area (Å²) in [5.41, 5.74) is 0. The minimum absolute atomic E-state index is 1.01. The van der Waals surface area contributed by atoms with Gasteiger partial charge in [-0.2, -0.15) is 24.4 Å². The molecule has 38 valence electrons. The highest BCUT2D eigenvalue weighted by atomic mass is 32.2. The monoisotopic (exact) mass is 122 g/mol. The van der Waals surface area contributed by atoms with Crippen molar-refractivity contribution in [1.82, 2.24) is 0 Å². The number of thioether (sulfide) groups is 1. The number of hydrogen-bond acceptors (Lipinski definition) is 2. The molecule has 0 radical (unpaired) electrons. The van der Waals surface area contributed by atoms with Crippen LogP contribution >= 0.6 is 24.4 Å². The van der Waals surface area contributed by atoms with Gasteiger partial charge in [-0.1, -0.05) is 6.92 Å². The Balaban J connectivity index is 2.34. The first kappa shape index (κ1) is 6.70. The van der Waals surface area contributed by atoms with Gasteiger partial charge < -0.3 is 0 Å². The first-order valence-corrected chi connectivity index (χ1v) is 3.89. The highest BCUT2D eigenvalue weighted by molar-refractivity contribution is 7.99. The van der Waals surface area contributed by atoms with Crippen LogP contribution in [-0.2, 0) is 0 Å². The third kappa shape index (κ3) is 4.70. The Hall–Kier alpha value is 0.700. The zero-order chi connectivity index (χ0) is 4.83. The molecule has 0 saturated carbocycles. The van der Waals surface area contributed by atoms with E-state index in [9.17, 15) is 0 Å². The molecule has 6 heavy (non-hydrogen) atoms. The summed E-state index contributed by atoms with van der Waals surface area (Å²) in [6, 6.07) is 0. The van der Waals surface area contributed by atoms with Gasteiger partial charge >= 0.3 is 0 Å². The molecule has 0 N–H and O–H groups in total. The molecule has 0 aromatic heterocycles. The second-order valence-electron chi connectivity index (χ2n) is 0.921. The van der Waals surface area contributed by atoms with E-state index in [1.54, 1.807) is 0 Å². The van der Waals surface area contributed by atoms with Crippen molar-refractivity contribution in [2.45, 2.75) is 6.92 Å². The predicted octanol–water partition coefficient (Wildman–Crippen LogP) is 1.67. The van der Waals surface area contributed by atoms with Gasteiger partial charge in [-0.3, -0.25) is 0 Å². The summed E-state index contributed by atoms with van der Waals surface area (Å²) in [4.78, 5) is 0. The molecular formula is C4H10S2. The fourth-order valence-electron chi connectivity index (χ4n) is 0.209. The zero-order valence-corrected chi connectivity index (χ0v) is 5.69. The molecule has 0 saturated heterocycles. The van der Waals surface area contributed by atoms with Crippen LogP contribution in [0.2, 0.25) is 0 Å². The molecule has 0 atom stereocenters. The summed E-state index contributed by atoms with van der Waals surface area (Å²) < 4.78 is 0. The van der Waals surface area contributed by atoms with E-state index in [0.29, 0.717) is 0 Å². The molecule has 0 aliphatic rings. The van der Waals surface area contributed by atoms with Crippen molar-refractivity contribution in [2.75, 3.05) is 17.3 Å². The minimum atomic E-state index is 1.01. The van der Waals surface area contributed by atoms with E-state index in [-0.39, 0.29) is 0 Å². The van der Waals surface area contributed by atoms with Crippen LogP contribution in [0.3, 0.4) is 0 Å². The van der Waals surface area contributed by atoms with Crippen LogP contribution in [0.25, 0.3) is 0 Å². The topological polar surface area (TPSA) is 0 Å². The summed E-state index contributed by atoms with van der Waals surface area (Å²) >= 11 is 5.97. The Morgan fingerprint density at radius 1 is 1.67 bits per heavy atom. The number of thiol groups is 1. The van der Waals surface area contributed by atoms with Crippen molar-refractivity contribution >= 4 is 24.4 Å². The standard InChI is InChI=1S/C4H10S2/c1-2-6-4-3-5/h5H,2-4H2,1H3. The third-order valence-corrected chi connectivity index (χ3v) is 1.87. The fraction of sp³-hybridized carbons (Fsp3) is 1.00. The normalized spacial score (nSPS) is 9.00. The van der Waals surface area contributed by atoms with Gasteiger partial charge in [0.05, 0.1) is 0 Å². The molecule has 0 amide bonds. The van der Waals surface area contributed by atoms with Gasteiger partial charge in [0.25, 0.3) is 0 Å². The SMILES string of the molecule is CCSCCS. The number of hydrogen-bond donors (Lipinski definition) is 1. The first-order valence-electron chi connectivity index (χ1n) is 2.10. The summed E-state index contributed by atoms with van der Waals surface area (Å²) in [6.07, 6.45) is 0. The summed E-state index contributed by atoms with van der Waals surface area (Å²) in [5, 5.41) is 0. The number of rotatable bonds is 3. The van der Waals surface area contributed by atoms with Crippen LogP contribution in [0.15, 0.2) is 0 Å². The van der Waals surface area contributed by atoms with E-state index in [4.69, 9.17) is 0 Å². The maximum atomic E-state index is 4.03. The molecule has 0 heterocycles. The third-order valence-electron chi connectivity index (χ3n) is 0.440. The maximum absolute atomic E-state index is 4.03. The van der Waals surface area contributed by atoms with Gasteiger partial charge in [-0.05, 0) is 11.5 Å². The molecule has 0 rings (SSSR count). The van der Waals surface area contributed by atoms with E-state index in [1.165, 1.54) is 11.5 Å². The van der Waals surface area contributed by atoms with E-state index in [0.717, 1.165) is 5.75 Å². The molecule has 2 heteroatoms. The Morgan fingerprint density at radius 2 is 2.33 bits per heavy atom.